The van der Waals surface area contributed by atoms with Crippen molar-refractivity contribution in [1.29, 1.82) is 0 Å². The first-order valence-corrected chi connectivity index (χ1v) is 8.33. The normalized spacial score (nSPS) is 13.9. The van der Waals surface area contributed by atoms with Crippen molar-refractivity contribution in [3.05, 3.63) is 64.7 Å². The molecule has 0 aromatic heterocycles. The Bertz CT molecular complexity index is 633. The topological polar surface area (TPSA) is 52.9 Å². The van der Waals surface area contributed by atoms with Gasteiger partial charge in [0.2, 0.25) is 0 Å². The molecule has 130 valence electrons. The van der Waals surface area contributed by atoms with E-state index in [-0.39, 0.29) is 18.4 Å². The molecule has 2 aromatic rings. The van der Waals surface area contributed by atoms with Crippen molar-refractivity contribution >= 4 is 11.6 Å². The maximum Gasteiger partial charge on any atom is 0.115 e. The standard InChI is InChI=1S/C19H24ClNO3/c1-14(16-4-3-5-18(22)10-16)21(2)11-19(23)13-24-12-15-6-8-17(20)9-7-15/h3-10,14,19,22-23H,11-13H2,1-2H3. The zero-order valence-corrected chi connectivity index (χ0v) is 14.8. The second-order valence-electron chi connectivity index (χ2n) is 6.01. The number of phenolic OH excluding ortho intramolecular Hbond substituents is 1. The smallest absolute Gasteiger partial charge is 0.115 e. The van der Waals surface area contributed by atoms with E-state index in [0.717, 1.165) is 11.1 Å². The zero-order valence-electron chi connectivity index (χ0n) is 14.0. The first-order chi connectivity index (χ1) is 11.5. The minimum Gasteiger partial charge on any atom is -0.508 e. The van der Waals surface area contributed by atoms with E-state index in [2.05, 4.69) is 0 Å². The second-order valence-corrected chi connectivity index (χ2v) is 6.44. The van der Waals surface area contributed by atoms with E-state index in [9.17, 15) is 10.2 Å². The summed E-state index contributed by atoms with van der Waals surface area (Å²) in [5.41, 5.74) is 2.03. The fourth-order valence-corrected chi connectivity index (χ4v) is 2.60. The lowest BCUT2D eigenvalue weighted by Crippen LogP contribution is -2.33. The van der Waals surface area contributed by atoms with E-state index in [4.69, 9.17) is 16.3 Å². The van der Waals surface area contributed by atoms with E-state index in [1.165, 1.54) is 0 Å². The number of nitrogens with zero attached hydrogens (tertiary/aromatic N) is 1. The minimum atomic E-state index is -0.581. The third-order valence-electron chi connectivity index (χ3n) is 4.00. The SMILES string of the molecule is CC(c1cccc(O)c1)N(C)CC(O)COCc1ccc(Cl)cc1. The molecule has 4 nitrogen and oxygen atoms in total. The van der Waals surface area contributed by atoms with Crippen LogP contribution in [0.15, 0.2) is 48.5 Å². The van der Waals surface area contributed by atoms with Gasteiger partial charge in [-0.3, -0.25) is 4.90 Å². The number of aliphatic hydroxyl groups excluding tert-OH is 1. The summed E-state index contributed by atoms with van der Waals surface area (Å²) in [7, 11) is 1.94. The van der Waals surface area contributed by atoms with Crippen LogP contribution < -0.4 is 0 Å². The van der Waals surface area contributed by atoms with Crippen LogP contribution in [0.25, 0.3) is 0 Å². The van der Waals surface area contributed by atoms with Gasteiger partial charge in [0.05, 0.1) is 19.3 Å². The van der Waals surface area contributed by atoms with Crippen molar-refractivity contribution in [3.8, 4) is 5.75 Å². The molecule has 2 unspecified atom stereocenters. The summed E-state index contributed by atoms with van der Waals surface area (Å²) >= 11 is 5.84. The van der Waals surface area contributed by atoms with Gasteiger partial charge in [0.1, 0.15) is 5.75 Å². The van der Waals surface area contributed by atoms with Crippen molar-refractivity contribution in [3.63, 3.8) is 0 Å². The average molecular weight is 350 g/mol. The third-order valence-corrected chi connectivity index (χ3v) is 4.26. The molecule has 2 rings (SSSR count). The van der Waals surface area contributed by atoms with Crippen LogP contribution in [0.2, 0.25) is 5.02 Å². The number of benzene rings is 2. The van der Waals surface area contributed by atoms with Crippen LogP contribution in [0, 0.1) is 0 Å². The molecule has 0 aliphatic rings. The van der Waals surface area contributed by atoms with Crippen molar-refractivity contribution < 1.29 is 14.9 Å². The molecule has 0 radical (unpaired) electrons. The molecular weight excluding hydrogens is 326 g/mol. The highest BCUT2D eigenvalue weighted by molar-refractivity contribution is 6.30. The van der Waals surface area contributed by atoms with Gasteiger partial charge in [-0.1, -0.05) is 35.9 Å². The molecule has 0 bridgehead atoms. The summed E-state index contributed by atoms with van der Waals surface area (Å²) in [4.78, 5) is 2.03. The number of likely N-dealkylation sites (N-methyl/N-ethyl adjacent to an activating group) is 1. The first-order valence-electron chi connectivity index (χ1n) is 7.95. The molecule has 0 spiro atoms. The van der Waals surface area contributed by atoms with E-state index in [1.807, 2.05) is 55.3 Å². The lowest BCUT2D eigenvalue weighted by Gasteiger charge is -2.27. The molecule has 0 aliphatic heterocycles. The molecule has 5 heteroatoms. The third kappa shape index (κ3) is 5.80. The number of aromatic hydroxyl groups is 1. The Balaban J connectivity index is 1.76. The summed E-state index contributed by atoms with van der Waals surface area (Å²) in [5, 5.41) is 20.4. The predicted octanol–water partition coefficient (Wildman–Crippen LogP) is 3.62. The molecule has 0 aliphatic carbocycles. The van der Waals surface area contributed by atoms with E-state index < -0.39 is 6.10 Å². The van der Waals surface area contributed by atoms with Gasteiger partial charge in [0, 0.05) is 17.6 Å². The Morgan fingerprint density at radius 1 is 1.17 bits per heavy atom. The molecule has 0 saturated heterocycles. The van der Waals surface area contributed by atoms with E-state index >= 15 is 0 Å². The lowest BCUT2D eigenvalue weighted by molar-refractivity contribution is 0.00853. The summed E-state index contributed by atoms with van der Waals surface area (Å²) in [6.45, 7) is 3.23. The first kappa shape index (κ1) is 18.7. The Morgan fingerprint density at radius 2 is 1.88 bits per heavy atom. The maximum atomic E-state index is 10.2. The largest absolute Gasteiger partial charge is 0.508 e. The zero-order chi connectivity index (χ0) is 17.5. The second kappa shape index (κ2) is 9.04. The van der Waals surface area contributed by atoms with Crippen LogP contribution >= 0.6 is 11.6 Å². The number of rotatable bonds is 8. The van der Waals surface area contributed by atoms with Gasteiger partial charge in [-0.2, -0.15) is 0 Å². The predicted molar refractivity (Wildman–Crippen MR) is 96.3 cm³/mol. The fraction of sp³-hybridized carbons (Fsp3) is 0.368. The van der Waals surface area contributed by atoms with Crippen molar-refractivity contribution in [1.82, 2.24) is 4.90 Å². The summed E-state index contributed by atoms with van der Waals surface area (Å²) in [6, 6.07) is 14.7. The van der Waals surface area contributed by atoms with Crippen molar-refractivity contribution in [2.75, 3.05) is 20.2 Å². The van der Waals surface area contributed by atoms with Crippen molar-refractivity contribution in [2.24, 2.45) is 0 Å². The Kier molecular flexibility index (Phi) is 7.06. The molecule has 0 saturated carbocycles. The molecule has 2 atom stereocenters. The molecule has 2 N–H and O–H groups in total. The van der Waals surface area contributed by atoms with Crippen LogP contribution in [-0.4, -0.2) is 41.4 Å². The van der Waals surface area contributed by atoms with Gasteiger partial charge >= 0.3 is 0 Å². The number of halogens is 1. The Labute approximate surface area is 148 Å². The van der Waals surface area contributed by atoms with Gasteiger partial charge in [0.25, 0.3) is 0 Å². The molecule has 0 fully saturated rings. The quantitative estimate of drug-likeness (QED) is 0.764. The van der Waals surface area contributed by atoms with Gasteiger partial charge in [0.15, 0.2) is 0 Å². The molecule has 0 amide bonds. The average Bonchev–Trinajstić information content (AvgIpc) is 2.56. The fourth-order valence-electron chi connectivity index (χ4n) is 2.48. The van der Waals surface area contributed by atoms with Gasteiger partial charge < -0.3 is 14.9 Å². The highest BCUT2D eigenvalue weighted by atomic mass is 35.5. The Hall–Kier alpha value is -1.59. The monoisotopic (exact) mass is 349 g/mol. The summed E-state index contributed by atoms with van der Waals surface area (Å²) in [6.07, 6.45) is -0.581. The molecule has 2 aromatic carbocycles. The number of aliphatic hydroxyl groups is 1. The Morgan fingerprint density at radius 3 is 2.54 bits per heavy atom. The number of ether oxygens (including phenoxy) is 1. The van der Waals surface area contributed by atoms with Gasteiger partial charge in [-0.05, 0) is 49.4 Å². The highest BCUT2D eigenvalue weighted by Crippen LogP contribution is 2.22. The minimum absolute atomic E-state index is 0.0861. The summed E-state index contributed by atoms with van der Waals surface area (Å²) < 4.78 is 5.57. The summed E-state index contributed by atoms with van der Waals surface area (Å²) in [5.74, 6) is 0.250. The molecule has 0 heterocycles. The van der Waals surface area contributed by atoms with Gasteiger partial charge in [-0.25, -0.2) is 0 Å². The van der Waals surface area contributed by atoms with Gasteiger partial charge in [-0.15, -0.1) is 0 Å². The van der Waals surface area contributed by atoms with Crippen LogP contribution in [0.1, 0.15) is 24.1 Å². The highest BCUT2D eigenvalue weighted by Gasteiger charge is 2.16. The lowest BCUT2D eigenvalue weighted by atomic mass is 10.1. The van der Waals surface area contributed by atoms with E-state index in [0.29, 0.717) is 18.2 Å². The van der Waals surface area contributed by atoms with Crippen LogP contribution in [0.5, 0.6) is 5.75 Å². The number of hydrogen-bond donors (Lipinski definition) is 2. The van der Waals surface area contributed by atoms with Crippen LogP contribution in [0.4, 0.5) is 0 Å². The van der Waals surface area contributed by atoms with Crippen molar-refractivity contribution in [2.45, 2.75) is 25.7 Å². The number of phenols is 1. The number of hydrogen-bond acceptors (Lipinski definition) is 4. The maximum absolute atomic E-state index is 10.2. The molecular formula is C19H24ClNO3. The van der Waals surface area contributed by atoms with Crippen LogP contribution in [0.3, 0.4) is 0 Å². The molecule has 24 heavy (non-hydrogen) atoms. The van der Waals surface area contributed by atoms with E-state index in [1.54, 1.807) is 12.1 Å². The van der Waals surface area contributed by atoms with Crippen LogP contribution in [-0.2, 0) is 11.3 Å².